The van der Waals surface area contributed by atoms with E-state index in [9.17, 15) is 18.0 Å². The van der Waals surface area contributed by atoms with Gasteiger partial charge in [0.15, 0.2) is 0 Å². The predicted molar refractivity (Wildman–Crippen MR) is 54.0 cm³/mol. The molecule has 0 aromatic heterocycles. The fourth-order valence-corrected chi connectivity index (χ4v) is 1.36. The van der Waals surface area contributed by atoms with Crippen molar-refractivity contribution in [1.82, 2.24) is 5.32 Å². The molecule has 16 heavy (non-hydrogen) atoms. The molecule has 0 aliphatic rings. The lowest BCUT2D eigenvalue weighted by atomic mass is 10.1. The highest BCUT2D eigenvalue weighted by molar-refractivity contribution is 5.75. The lowest BCUT2D eigenvalue weighted by molar-refractivity contribution is -0.143. The van der Waals surface area contributed by atoms with E-state index in [0.29, 0.717) is 6.42 Å². The van der Waals surface area contributed by atoms with Crippen LogP contribution in [0.3, 0.4) is 0 Å². The second kappa shape index (κ2) is 6.73. The molecule has 96 valence electrons. The molecule has 0 saturated heterocycles. The molecule has 1 N–H and O–H groups in total. The summed E-state index contributed by atoms with van der Waals surface area (Å²) in [5, 5.41) is 2.87. The highest BCUT2D eigenvalue weighted by Crippen LogP contribution is 2.22. The highest BCUT2D eigenvalue weighted by Gasteiger charge is 2.26. The van der Waals surface area contributed by atoms with E-state index < -0.39 is 24.6 Å². The van der Waals surface area contributed by atoms with Gasteiger partial charge in [-0.2, -0.15) is 13.2 Å². The SMILES string of the molecule is COC(=O)C(C)NC(C)CCCC(F)(F)F. The Morgan fingerprint density at radius 1 is 1.38 bits per heavy atom. The zero-order valence-corrected chi connectivity index (χ0v) is 9.73. The second-order valence-electron chi connectivity index (χ2n) is 3.82. The van der Waals surface area contributed by atoms with Gasteiger partial charge in [0, 0.05) is 12.5 Å². The van der Waals surface area contributed by atoms with Crippen molar-refractivity contribution in [2.24, 2.45) is 0 Å². The Hall–Kier alpha value is -0.780. The molecule has 0 spiro atoms. The normalized spacial score (nSPS) is 15.6. The van der Waals surface area contributed by atoms with E-state index >= 15 is 0 Å². The number of alkyl halides is 3. The zero-order chi connectivity index (χ0) is 12.8. The Morgan fingerprint density at radius 3 is 2.38 bits per heavy atom. The van der Waals surface area contributed by atoms with Crippen LogP contribution in [0.4, 0.5) is 13.2 Å². The Kier molecular flexibility index (Phi) is 6.40. The van der Waals surface area contributed by atoms with Crippen molar-refractivity contribution in [3.63, 3.8) is 0 Å². The first-order valence-corrected chi connectivity index (χ1v) is 5.17. The molecule has 0 aromatic carbocycles. The number of esters is 1. The number of carbonyl (C=O) groups excluding carboxylic acids is 1. The summed E-state index contributed by atoms with van der Waals surface area (Å²) in [6, 6.07) is -0.637. The number of nitrogens with one attached hydrogen (secondary N) is 1. The van der Waals surface area contributed by atoms with Crippen LogP contribution < -0.4 is 5.32 Å². The van der Waals surface area contributed by atoms with Gasteiger partial charge in [0.2, 0.25) is 0 Å². The Balaban J connectivity index is 3.74. The first-order valence-electron chi connectivity index (χ1n) is 5.17. The molecule has 0 bridgehead atoms. The molecule has 0 heterocycles. The summed E-state index contributed by atoms with van der Waals surface area (Å²) in [4.78, 5) is 11.0. The smallest absolute Gasteiger partial charge is 0.389 e. The second-order valence-corrected chi connectivity index (χ2v) is 3.82. The molecular weight excluding hydrogens is 223 g/mol. The molecule has 0 fully saturated rings. The van der Waals surface area contributed by atoms with Crippen LogP contribution in [0.15, 0.2) is 0 Å². The summed E-state index contributed by atoms with van der Waals surface area (Å²) in [6.45, 7) is 3.36. The first-order chi connectivity index (χ1) is 7.26. The minimum Gasteiger partial charge on any atom is -0.468 e. The summed E-state index contributed by atoms with van der Waals surface area (Å²) in [5.74, 6) is -0.414. The van der Waals surface area contributed by atoms with Crippen LogP contribution in [0, 0.1) is 0 Å². The van der Waals surface area contributed by atoms with Crippen molar-refractivity contribution in [3.8, 4) is 0 Å². The number of halogens is 3. The zero-order valence-electron chi connectivity index (χ0n) is 9.73. The number of carbonyl (C=O) groups is 1. The molecule has 3 nitrogen and oxygen atoms in total. The van der Waals surface area contributed by atoms with E-state index in [4.69, 9.17) is 0 Å². The van der Waals surface area contributed by atoms with Gasteiger partial charge in [0.25, 0.3) is 0 Å². The number of hydrogen-bond donors (Lipinski definition) is 1. The topological polar surface area (TPSA) is 38.3 Å². The maximum absolute atomic E-state index is 11.9. The van der Waals surface area contributed by atoms with Crippen molar-refractivity contribution in [3.05, 3.63) is 0 Å². The summed E-state index contributed by atoms with van der Waals surface area (Å²) >= 11 is 0. The minimum absolute atomic E-state index is 0.0611. The van der Waals surface area contributed by atoms with Gasteiger partial charge in [-0.15, -0.1) is 0 Å². The number of methoxy groups -OCH3 is 1. The summed E-state index contributed by atoms with van der Waals surface area (Å²) in [5.41, 5.74) is 0. The monoisotopic (exact) mass is 241 g/mol. The number of ether oxygens (including phenoxy) is 1. The van der Waals surface area contributed by atoms with Crippen LogP contribution in [0.1, 0.15) is 33.1 Å². The predicted octanol–water partition coefficient (Wildman–Crippen LogP) is 2.26. The van der Waals surface area contributed by atoms with Gasteiger partial charge in [-0.3, -0.25) is 4.79 Å². The largest absolute Gasteiger partial charge is 0.468 e. The molecule has 0 aliphatic heterocycles. The average Bonchev–Trinajstić information content (AvgIpc) is 2.14. The van der Waals surface area contributed by atoms with Gasteiger partial charge < -0.3 is 10.1 Å². The van der Waals surface area contributed by atoms with E-state index in [2.05, 4.69) is 10.1 Å². The van der Waals surface area contributed by atoms with Crippen LogP contribution >= 0.6 is 0 Å². The van der Waals surface area contributed by atoms with Gasteiger partial charge in [-0.1, -0.05) is 0 Å². The van der Waals surface area contributed by atoms with Crippen molar-refractivity contribution in [2.45, 2.75) is 51.4 Å². The van der Waals surface area contributed by atoms with Gasteiger partial charge >= 0.3 is 12.1 Å². The van der Waals surface area contributed by atoms with Gasteiger partial charge in [-0.05, 0) is 26.7 Å². The molecule has 0 radical (unpaired) electrons. The van der Waals surface area contributed by atoms with Gasteiger partial charge in [-0.25, -0.2) is 0 Å². The molecule has 0 rings (SSSR count). The molecule has 0 aliphatic carbocycles. The average molecular weight is 241 g/mol. The van der Waals surface area contributed by atoms with Crippen LogP contribution in [-0.4, -0.2) is 31.3 Å². The van der Waals surface area contributed by atoms with Crippen LogP contribution in [0.25, 0.3) is 0 Å². The van der Waals surface area contributed by atoms with Crippen molar-refractivity contribution in [1.29, 1.82) is 0 Å². The minimum atomic E-state index is -4.10. The molecule has 0 amide bonds. The Morgan fingerprint density at radius 2 is 1.94 bits per heavy atom. The van der Waals surface area contributed by atoms with Gasteiger partial charge in [0.05, 0.1) is 7.11 Å². The molecular formula is C10H18F3NO2. The third-order valence-electron chi connectivity index (χ3n) is 2.19. The quantitative estimate of drug-likeness (QED) is 0.725. The van der Waals surface area contributed by atoms with Crippen molar-refractivity contribution < 1.29 is 22.7 Å². The summed E-state index contributed by atoms with van der Waals surface area (Å²) in [6.07, 6.45) is -4.45. The number of rotatable bonds is 6. The maximum Gasteiger partial charge on any atom is 0.389 e. The third-order valence-corrected chi connectivity index (χ3v) is 2.19. The summed E-state index contributed by atoms with van der Waals surface area (Å²) < 4.78 is 40.1. The summed E-state index contributed by atoms with van der Waals surface area (Å²) in [7, 11) is 1.27. The van der Waals surface area contributed by atoms with Crippen LogP contribution in [0.5, 0.6) is 0 Å². The van der Waals surface area contributed by atoms with E-state index in [0.717, 1.165) is 0 Å². The van der Waals surface area contributed by atoms with E-state index in [1.54, 1.807) is 13.8 Å². The fourth-order valence-electron chi connectivity index (χ4n) is 1.36. The molecule has 0 aromatic rings. The van der Waals surface area contributed by atoms with Gasteiger partial charge in [0.1, 0.15) is 6.04 Å². The Bertz CT molecular complexity index is 219. The molecule has 6 heteroatoms. The van der Waals surface area contributed by atoms with E-state index in [1.807, 2.05) is 0 Å². The van der Waals surface area contributed by atoms with Crippen molar-refractivity contribution >= 4 is 5.97 Å². The molecule has 2 atom stereocenters. The molecule has 2 unspecified atom stereocenters. The standard InChI is InChI=1S/C10H18F3NO2/c1-7(5-4-6-10(11,12)13)14-8(2)9(15)16-3/h7-8,14H,4-6H2,1-3H3. The maximum atomic E-state index is 11.9. The highest BCUT2D eigenvalue weighted by atomic mass is 19.4. The molecule has 0 saturated carbocycles. The van der Waals surface area contributed by atoms with Crippen molar-refractivity contribution in [2.75, 3.05) is 7.11 Å². The third kappa shape index (κ3) is 7.50. The van der Waals surface area contributed by atoms with Crippen LogP contribution in [-0.2, 0) is 9.53 Å². The Labute approximate surface area is 93.3 Å². The van der Waals surface area contributed by atoms with E-state index in [-0.39, 0.29) is 12.5 Å². The first kappa shape index (κ1) is 15.2. The lowest BCUT2D eigenvalue weighted by Gasteiger charge is -2.18. The van der Waals surface area contributed by atoms with E-state index in [1.165, 1.54) is 7.11 Å². The van der Waals surface area contributed by atoms with Crippen LogP contribution in [0.2, 0.25) is 0 Å². The number of hydrogen-bond acceptors (Lipinski definition) is 3. The fraction of sp³-hybridized carbons (Fsp3) is 0.900. The lowest BCUT2D eigenvalue weighted by Crippen LogP contribution is -2.40.